The molecular weight excluding hydrogens is 390 g/mol. The molecule has 136 valence electrons. The van der Waals surface area contributed by atoms with Gasteiger partial charge in [0, 0.05) is 17.8 Å². The Hall–Kier alpha value is -1.08. The fourth-order valence-electron chi connectivity index (χ4n) is 1.94. The van der Waals surface area contributed by atoms with Gasteiger partial charge in [-0.2, -0.15) is 11.8 Å². The SMILES string of the molecule is CCNC(=NCc1cc(Br)c(OC)c(OC)c1)NCC(C)(C)SC. The average molecular weight is 418 g/mol. The second-order valence-electron chi connectivity index (χ2n) is 5.83. The molecule has 1 rings (SSSR count). The van der Waals surface area contributed by atoms with Gasteiger partial charge in [-0.1, -0.05) is 0 Å². The lowest BCUT2D eigenvalue weighted by atomic mass is 10.2. The van der Waals surface area contributed by atoms with Gasteiger partial charge in [-0.15, -0.1) is 0 Å². The minimum absolute atomic E-state index is 0.155. The minimum atomic E-state index is 0.155. The second kappa shape index (κ2) is 10.0. The summed E-state index contributed by atoms with van der Waals surface area (Å²) in [5.41, 5.74) is 1.04. The summed E-state index contributed by atoms with van der Waals surface area (Å²) in [6.45, 7) is 8.69. The van der Waals surface area contributed by atoms with Crippen LogP contribution in [0.5, 0.6) is 11.5 Å². The van der Waals surface area contributed by atoms with E-state index < -0.39 is 0 Å². The summed E-state index contributed by atoms with van der Waals surface area (Å²) in [7, 11) is 3.26. The summed E-state index contributed by atoms with van der Waals surface area (Å²) in [4.78, 5) is 4.66. The molecule has 0 saturated carbocycles. The third-order valence-corrected chi connectivity index (χ3v) is 5.33. The molecule has 2 N–H and O–H groups in total. The van der Waals surface area contributed by atoms with Crippen LogP contribution in [-0.4, -0.2) is 44.3 Å². The highest BCUT2D eigenvalue weighted by molar-refractivity contribution is 9.10. The highest BCUT2D eigenvalue weighted by Crippen LogP contribution is 2.36. The lowest BCUT2D eigenvalue weighted by molar-refractivity contribution is 0.352. The molecule has 0 bridgehead atoms. The summed E-state index contributed by atoms with van der Waals surface area (Å²) in [5.74, 6) is 2.20. The topological polar surface area (TPSA) is 54.9 Å². The number of guanidine groups is 1. The molecule has 0 aliphatic heterocycles. The normalized spacial score (nSPS) is 12.0. The number of thioether (sulfide) groups is 1. The van der Waals surface area contributed by atoms with Crippen LogP contribution < -0.4 is 20.1 Å². The number of ether oxygens (including phenoxy) is 2. The summed E-state index contributed by atoms with van der Waals surface area (Å²) in [5, 5.41) is 6.68. The van der Waals surface area contributed by atoms with Gasteiger partial charge in [-0.25, -0.2) is 4.99 Å². The van der Waals surface area contributed by atoms with Crippen molar-refractivity contribution in [2.24, 2.45) is 4.99 Å². The first-order valence-electron chi connectivity index (χ1n) is 7.84. The first-order chi connectivity index (χ1) is 11.4. The Morgan fingerprint density at radius 2 is 1.96 bits per heavy atom. The fraction of sp³-hybridized carbons (Fsp3) is 0.588. The summed E-state index contributed by atoms with van der Waals surface area (Å²) in [6, 6.07) is 3.95. The standard InChI is InChI=1S/C17H28BrN3O2S/c1-7-19-16(21-11-17(2,3)24-6)20-10-12-8-13(18)15(23-5)14(9-12)22-4/h8-9H,7,10-11H2,1-6H3,(H2,19,20,21). The van der Waals surface area contributed by atoms with Gasteiger partial charge in [0.2, 0.25) is 0 Å². The number of hydrogen-bond acceptors (Lipinski definition) is 4. The molecule has 7 heteroatoms. The van der Waals surface area contributed by atoms with E-state index in [2.05, 4.69) is 58.6 Å². The third kappa shape index (κ3) is 6.43. The van der Waals surface area contributed by atoms with Crippen LogP contribution in [0.1, 0.15) is 26.3 Å². The van der Waals surface area contributed by atoms with Crippen molar-refractivity contribution < 1.29 is 9.47 Å². The quantitative estimate of drug-likeness (QED) is 0.499. The Kier molecular flexibility index (Phi) is 8.76. The molecule has 24 heavy (non-hydrogen) atoms. The van der Waals surface area contributed by atoms with Gasteiger partial charge in [0.15, 0.2) is 17.5 Å². The molecule has 0 amide bonds. The van der Waals surface area contributed by atoms with E-state index >= 15 is 0 Å². The Balaban J connectivity index is 2.88. The number of halogens is 1. The second-order valence-corrected chi connectivity index (χ2v) is 8.19. The van der Waals surface area contributed by atoms with Crippen LogP contribution in [-0.2, 0) is 6.54 Å². The lowest BCUT2D eigenvalue weighted by Crippen LogP contribution is -2.43. The Morgan fingerprint density at radius 1 is 1.25 bits per heavy atom. The highest BCUT2D eigenvalue weighted by Gasteiger charge is 2.16. The maximum atomic E-state index is 5.38. The molecule has 0 radical (unpaired) electrons. The summed E-state index contributed by atoms with van der Waals surface area (Å²) >= 11 is 5.35. The van der Waals surface area contributed by atoms with E-state index in [0.717, 1.165) is 29.1 Å². The molecule has 0 fully saturated rings. The van der Waals surface area contributed by atoms with E-state index in [9.17, 15) is 0 Å². The Bertz CT molecular complexity index is 565. The van der Waals surface area contributed by atoms with Gasteiger partial charge in [0.1, 0.15) is 0 Å². The van der Waals surface area contributed by atoms with Crippen molar-refractivity contribution in [1.82, 2.24) is 10.6 Å². The molecule has 0 aliphatic rings. The fourth-order valence-corrected chi connectivity index (χ4v) is 2.81. The van der Waals surface area contributed by atoms with Crippen molar-refractivity contribution >= 4 is 33.7 Å². The maximum absolute atomic E-state index is 5.38. The largest absolute Gasteiger partial charge is 0.493 e. The van der Waals surface area contributed by atoms with Gasteiger partial charge in [-0.3, -0.25) is 0 Å². The van der Waals surface area contributed by atoms with Crippen LogP contribution in [0.4, 0.5) is 0 Å². The number of methoxy groups -OCH3 is 2. The smallest absolute Gasteiger partial charge is 0.191 e. The van der Waals surface area contributed by atoms with E-state index in [0.29, 0.717) is 18.0 Å². The molecule has 1 aromatic carbocycles. The molecule has 0 saturated heterocycles. The van der Waals surface area contributed by atoms with Crippen LogP contribution in [0.2, 0.25) is 0 Å². The average Bonchev–Trinajstić information content (AvgIpc) is 2.56. The van der Waals surface area contributed by atoms with Crippen molar-refractivity contribution in [1.29, 1.82) is 0 Å². The Labute approximate surface area is 158 Å². The van der Waals surface area contributed by atoms with Crippen molar-refractivity contribution in [2.75, 3.05) is 33.6 Å². The van der Waals surface area contributed by atoms with E-state index in [-0.39, 0.29) is 4.75 Å². The molecular formula is C17H28BrN3O2S. The van der Waals surface area contributed by atoms with Crippen LogP contribution >= 0.6 is 27.7 Å². The number of hydrogen-bond donors (Lipinski definition) is 2. The van der Waals surface area contributed by atoms with E-state index in [4.69, 9.17) is 9.47 Å². The van der Waals surface area contributed by atoms with Crippen LogP contribution in [0.25, 0.3) is 0 Å². The molecule has 0 aliphatic carbocycles. The van der Waals surface area contributed by atoms with Gasteiger partial charge < -0.3 is 20.1 Å². The van der Waals surface area contributed by atoms with Gasteiger partial charge >= 0.3 is 0 Å². The molecule has 0 unspecified atom stereocenters. The number of nitrogens with one attached hydrogen (secondary N) is 2. The van der Waals surface area contributed by atoms with Crippen molar-refractivity contribution in [2.45, 2.75) is 32.1 Å². The Morgan fingerprint density at radius 3 is 2.50 bits per heavy atom. The van der Waals surface area contributed by atoms with Gasteiger partial charge in [0.05, 0.1) is 25.2 Å². The first-order valence-corrected chi connectivity index (χ1v) is 9.86. The third-order valence-electron chi connectivity index (χ3n) is 3.49. The molecule has 0 aromatic heterocycles. The zero-order valence-electron chi connectivity index (χ0n) is 15.3. The number of benzene rings is 1. The maximum Gasteiger partial charge on any atom is 0.191 e. The highest BCUT2D eigenvalue weighted by atomic mass is 79.9. The predicted molar refractivity (Wildman–Crippen MR) is 108 cm³/mol. The number of aliphatic imine (C=N–C) groups is 1. The predicted octanol–water partition coefficient (Wildman–Crippen LogP) is 3.66. The first kappa shape index (κ1) is 21.0. The van der Waals surface area contributed by atoms with E-state index in [1.54, 1.807) is 14.2 Å². The number of nitrogens with zero attached hydrogens (tertiary/aromatic N) is 1. The number of rotatable bonds is 8. The molecule has 5 nitrogen and oxygen atoms in total. The van der Waals surface area contributed by atoms with Crippen molar-refractivity contribution in [3.05, 3.63) is 22.2 Å². The zero-order valence-corrected chi connectivity index (χ0v) is 17.7. The minimum Gasteiger partial charge on any atom is -0.493 e. The van der Waals surface area contributed by atoms with Crippen LogP contribution in [0.3, 0.4) is 0 Å². The summed E-state index contributed by atoms with van der Waals surface area (Å²) < 4.78 is 11.7. The monoisotopic (exact) mass is 417 g/mol. The van der Waals surface area contributed by atoms with E-state index in [1.165, 1.54) is 0 Å². The summed E-state index contributed by atoms with van der Waals surface area (Å²) in [6.07, 6.45) is 2.12. The lowest BCUT2D eigenvalue weighted by Gasteiger charge is -2.23. The van der Waals surface area contributed by atoms with Crippen molar-refractivity contribution in [3.63, 3.8) is 0 Å². The zero-order chi connectivity index (χ0) is 18.2. The molecule has 0 spiro atoms. The van der Waals surface area contributed by atoms with Crippen molar-refractivity contribution in [3.8, 4) is 11.5 Å². The molecule has 0 atom stereocenters. The van der Waals surface area contributed by atoms with Gasteiger partial charge in [0.25, 0.3) is 0 Å². The van der Waals surface area contributed by atoms with Crippen LogP contribution in [0, 0.1) is 0 Å². The van der Waals surface area contributed by atoms with E-state index in [1.807, 2.05) is 23.9 Å². The van der Waals surface area contributed by atoms with Gasteiger partial charge in [-0.05, 0) is 60.7 Å². The molecule has 1 aromatic rings. The molecule has 0 heterocycles. The van der Waals surface area contributed by atoms with Crippen LogP contribution in [0.15, 0.2) is 21.6 Å².